The highest BCUT2D eigenvalue weighted by atomic mass is 19.1. The van der Waals surface area contributed by atoms with Gasteiger partial charge in [-0.1, -0.05) is 39.0 Å². The quantitative estimate of drug-likeness (QED) is 0.555. The van der Waals surface area contributed by atoms with Crippen LogP contribution in [0.5, 0.6) is 0 Å². The van der Waals surface area contributed by atoms with Gasteiger partial charge in [0.05, 0.1) is 11.0 Å². The van der Waals surface area contributed by atoms with Crippen LogP contribution >= 0.6 is 0 Å². The van der Waals surface area contributed by atoms with Crippen LogP contribution in [0.15, 0.2) is 53.5 Å². The topological polar surface area (TPSA) is 89.5 Å². The molecule has 0 bridgehead atoms. The van der Waals surface area contributed by atoms with Crippen molar-refractivity contribution in [2.45, 2.75) is 26.8 Å². The van der Waals surface area contributed by atoms with Gasteiger partial charge in [0.1, 0.15) is 11.5 Å². The molecule has 0 aliphatic heterocycles. The molecule has 7 nitrogen and oxygen atoms in total. The molecule has 0 fully saturated rings. The summed E-state index contributed by atoms with van der Waals surface area (Å²) >= 11 is 0. The summed E-state index contributed by atoms with van der Waals surface area (Å²) in [5.41, 5.74) is -0.763. The third-order valence-corrected chi connectivity index (χ3v) is 4.24. The summed E-state index contributed by atoms with van der Waals surface area (Å²) in [5, 5.41) is 14.6. The van der Waals surface area contributed by atoms with Crippen molar-refractivity contribution in [2.24, 2.45) is 5.41 Å². The number of pyridine rings is 1. The second-order valence-electron chi connectivity index (χ2n) is 7.30. The third-order valence-electron chi connectivity index (χ3n) is 4.24. The van der Waals surface area contributed by atoms with Gasteiger partial charge < -0.3 is 5.32 Å². The van der Waals surface area contributed by atoms with E-state index < -0.39 is 27.6 Å². The van der Waals surface area contributed by atoms with Crippen LogP contribution in [-0.2, 0) is 0 Å². The fourth-order valence-electron chi connectivity index (χ4n) is 2.94. The number of nitrogens with one attached hydrogen (secondary N) is 1. The molecule has 0 radical (unpaired) electrons. The Labute approximate surface area is 154 Å². The van der Waals surface area contributed by atoms with Crippen molar-refractivity contribution < 1.29 is 9.31 Å². The number of fused-ring (bicyclic) bond motifs is 1. The minimum atomic E-state index is -0.764. The van der Waals surface area contributed by atoms with Gasteiger partial charge >= 0.3 is 11.2 Å². The Balaban J connectivity index is 2.17. The molecule has 1 atom stereocenters. The van der Waals surface area contributed by atoms with Gasteiger partial charge in [0.2, 0.25) is 5.82 Å². The molecule has 0 saturated carbocycles. The van der Waals surface area contributed by atoms with Crippen molar-refractivity contribution >= 4 is 17.2 Å². The number of anilines is 1. The van der Waals surface area contributed by atoms with Gasteiger partial charge in [-0.15, -0.1) is 0 Å². The molecule has 0 saturated heterocycles. The summed E-state index contributed by atoms with van der Waals surface area (Å²) in [6.45, 7) is 5.81. The van der Waals surface area contributed by atoms with Crippen LogP contribution in [0.4, 0.5) is 15.9 Å². The molecule has 8 heteroatoms. The zero-order valence-corrected chi connectivity index (χ0v) is 15.1. The second kappa shape index (κ2) is 6.79. The molecule has 2 heterocycles. The number of hydrogen-bond acceptors (Lipinski definition) is 5. The number of hydrogen-bond donors (Lipinski definition) is 1. The van der Waals surface area contributed by atoms with E-state index in [0.29, 0.717) is 5.65 Å². The number of rotatable bonds is 4. The smallest absolute Gasteiger partial charge is 0.357 e. The van der Waals surface area contributed by atoms with Gasteiger partial charge in [-0.05, 0) is 35.2 Å². The fourth-order valence-corrected chi connectivity index (χ4v) is 2.94. The van der Waals surface area contributed by atoms with E-state index in [1.54, 1.807) is 30.3 Å². The number of aromatic nitrogens is 2. The molecule has 0 aliphatic carbocycles. The van der Waals surface area contributed by atoms with E-state index in [9.17, 15) is 19.3 Å². The van der Waals surface area contributed by atoms with E-state index in [2.05, 4.69) is 10.3 Å². The average Bonchev–Trinajstić information content (AvgIpc) is 2.59. The molecule has 3 rings (SSSR count). The first-order chi connectivity index (χ1) is 12.7. The molecule has 0 amide bonds. The Bertz CT molecular complexity index is 1060. The number of halogens is 1. The number of nitrogens with zero attached hydrogens (tertiary/aromatic N) is 3. The maximum atomic E-state index is 13.3. The molecule has 1 aromatic carbocycles. The maximum Gasteiger partial charge on any atom is 0.376 e. The second-order valence-corrected chi connectivity index (χ2v) is 7.30. The van der Waals surface area contributed by atoms with Crippen molar-refractivity contribution in [1.82, 2.24) is 9.38 Å². The van der Waals surface area contributed by atoms with Gasteiger partial charge in [-0.25, -0.2) is 9.37 Å². The SMILES string of the molecule is CC(C)(C)C(Nc1nc2ccccn2c(=O)c1[N+](=O)[O-])c1ccc(F)cc1. The molecule has 2 aromatic heterocycles. The molecule has 3 aromatic rings. The van der Waals surface area contributed by atoms with Crippen LogP contribution in [0.2, 0.25) is 0 Å². The summed E-state index contributed by atoms with van der Waals surface area (Å²) in [6.07, 6.45) is 1.43. The Morgan fingerprint density at radius 3 is 2.44 bits per heavy atom. The molecular weight excluding hydrogens is 351 g/mol. The van der Waals surface area contributed by atoms with Gasteiger partial charge in [-0.2, -0.15) is 0 Å². The van der Waals surface area contributed by atoms with E-state index in [4.69, 9.17) is 0 Å². The molecule has 1 unspecified atom stereocenters. The highest BCUT2D eigenvalue weighted by Crippen LogP contribution is 2.37. The summed E-state index contributed by atoms with van der Waals surface area (Å²) in [6, 6.07) is 10.3. The van der Waals surface area contributed by atoms with E-state index >= 15 is 0 Å². The Morgan fingerprint density at radius 2 is 1.85 bits per heavy atom. The van der Waals surface area contributed by atoms with Gasteiger partial charge in [0.15, 0.2) is 0 Å². The lowest BCUT2D eigenvalue weighted by Crippen LogP contribution is -2.28. The van der Waals surface area contributed by atoms with Crippen LogP contribution in [0, 0.1) is 21.3 Å². The highest BCUT2D eigenvalue weighted by Gasteiger charge is 2.31. The summed E-state index contributed by atoms with van der Waals surface area (Å²) in [5.74, 6) is -0.486. The first-order valence-electron chi connectivity index (χ1n) is 8.36. The summed E-state index contributed by atoms with van der Waals surface area (Å²) in [7, 11) is 0. The third kappa shape index (κ3) is 3.64. The van der Waals surface area contributed by atoms with Crippen molar-refractivity contribution in [3.8, 4) is 0 Å². The van der Waals surface area contributed by atoms with Crippen LogP contribution < -0.4 is 10.9 Å². The number of benzene rings is 1. The van der Waals surface area contributed by atoms with E-state index in [0.717, 1.165) is 9.96 Å². The number of nitro groups is 1. The van der Waals surface area contributed by atoms with Crippen LogP contribution in [0.3, 0.4) is 0 Å². The Kier molecular flexibility index (Phi) is 4.65. The minimum Gasteiger partial charge on any atom is -0.357 e. The lowest BCUT2D eigenvalue weighted by molar-refractivity contribution is -0.385. The Hall–Kier alpha value is -3.29. The van der Waals surface area contributed by atoms with Gasteiger partial charge in [0.25, 0.3) is 0 Å². The maximum absolute atomic E-state index is 13.3. The van der Waals surface area contributed by atoms with Gasteiger partial charge in [0, 0.05) is 6.20 Å². The minimum absolute atomic E-state index is 0.111. The van der Waals surface area contributed by atoms with E-state index in [1.807, 2.05) is 20.8 Å². The first-order valence-corrected chi connectivity index (χ1v) is 8.36. The average molecular weight is 370 g/mol. The van der Waals surface area contributed by atoms with Crippen molar-refractivity contribution in [3.63, 3.8) is 0 Å². The fraction of sp³-hybridized carbons (Fsp3) is 0.263. The first kappa shape index (κ1) is 18.5. The Morgan fingerprint density at radius 1 is 1.19 bits per heavy atom. The zero-order valence-electron chi connectivity index (χ0n) is 15.1. The molecule has 0 aliphatic rings. The summed E-state index contributed by atoms with van der Waals surface area (Å²) < 4.78 is 14.4. The predicted octanol–water partition coefficient (Wildman–Crippen LogP) is 3.94. The lowest BCUT2D eigenvalue weighted by Gasteiger charge is -2.32. The largest absolute Gasteiger partial charge is 0.376 e. The van der Waals surface area contributed by atoms with Crippen LogP contribution in [0.1, 0.15) is 32.4 Å². The predicted molar refractivity (Wildman–Crippen MR) is 100 cm³/mol. The molecular formula is C19H19FN4O3. The monoisotopic (exact) mass is 370 g/mol. The zero-order chi connectivity index (χ0) is 19.8. The van der Waals surface area contributed by atoms with Crippen LogP contribution in [0.25, 0.3) is 5.65 Å². The molecule has 1 N–H and O–H groups in total. The standard InChI is InChI=1S/C19H19FN4O3/c1-19(2,3)16(12-7-9-13(20)10-8-12)22-17-15(24(26)27)18(25)23-11-5-4-6-14(23)21-17/h4-11,16,22H,1-3H3. The van der Waals surface area contributed by atoms with Crippen molar-refractivity contribution in [3.05, 3.63) is 80.5 Å². The summed E-state index contributed by atoms with van der Waals surface area (Å²) in [4.78, 5) is 27.7. The molecule has 27 heavy (non-hydrogen) atoms. The van der Waals surface area contributed by atoms with Crippen molar-refractivity contribution in [2.75, 3.05) is 5.32 Å². The lowest BCUT2D eigenvalue weighted by atomic mass is 9.82. The normalized spacial score (nSPS) is 12.7. The van der Waals surface area contributed by atoms with Crippen molar-refractivity contribution in [1.29, 1.82) is 0 Å². The van der Waals surface area contributed by atoms with E-state index in [1.165, 1.54) is 18.3 Å². The van der Waals surface area contributed by atoms with Gasteiger partial charge in [-0.3, -0.25) is 19.3 Å². The molecule has 140 valence electrons. The molecule has 0 spiro atoms. The van der Waals surface area contributed by atoms with E-state index in [-0.39, 0.29) is 11.6 Å². The van der Waals surface area contributed by atoms with Crippen LogP contribution in [-0.4, -0.2) is 14.3 Å². The highest BCUT2D eigenvalue weighted by molar-refractivity contribution is 5.60.